The minimum Gasteiger partial charge on any atom is -0.446 e. The number of halogens is 1. The van der Waals surface area contributed by atoms with Crippen LogP contribution in [0.1, 0.15) is 36.9 Å². The summed E-state index contributed by atoms with van der Waals surface area (Å²) >= 11 is 5.98. The Hall–Kier alpha value is -2.67. The van der Waals surface area contributed by atoms with Crippen LogP contribution in [0.4, 0.5) is 4.79 Å². The van der Waals surface area contributed by atoms with E-state index in [9.17, 15) is 9.59 Å². The molecule has 1 aliphatic rings. The van der Waals surface area contributed by atoms with Crippen LogP contribution in [-0.2, 0) is 22.5 Å². The molecule has 1 aromatic carbocycles. The van der Waals surface area contributed by atoms with Gasteiger partial charge in [-0.05, 0) is 37.2 Å². The normalized spacial score (nSPS) is 19.9. The van der Waals surface area contributed by atoms with Crippen molar-refractivity contribution < 1.29 is 14.3 Å². The minimum atomic E-state index is -0.758. The van der Waals surface area contributed by atoms with Crippen molar-refractivity contribution in [3.05, 3.63) is 59.1 Å². The highest BCUT2D eigenvalue weighted by atomic mass is 35.5. The van der Waals surface area contributed by atoms with Crippen LogP contribution in [0.15, 0.2) is 42.7 Å². The Bertz CT molecular complexity index is 826. The van der Waals surface area contributed by atoms with E-state index in [0.29, 0.717) is 17.3 Å². The second-order valence-electron chi connectivity index (χ2n) is 7.29. The molecule has 1 aliphatic carbocycles. The van der Waals surface area contributed by atoms with Gasteiger partial charge in [-0.15, -0.1) is 0 Å². The minimum absolute atomic E-state index is 0.0133. The van der Waals surface area contributed by atoms with Gasteiger partial charge in [-0.1, -0.05) is 41.9 Å². The van der Waals surface area contributed by atoms with Gasteiger partial charge in [-0.25, -0.2) is 9.78 Å². The number of hydrogen-bond donors (Lipinski definition) is 2. The van der Waals surface area contributed by atoms with Crippen LogP contribution in [0.5, 0.6) is 0 Å². The van der Waals surface area contributed by atoms with Gasteiger partial charge < -0.3 is 15.8 Å². The van der Waals surface area contributed by atoms with E-state index in [1.165, 1.54) is 6.20 Å². The topological polar surface area (TPSA) is 107 Å². The van der Waals surface area contributed by atoms with E-state index < -0.39 is 6.09 Å². The predicted octanol–water partition coefficient (Wildman–Crippen LogP) is 3.26. The first-order valence-electron chi connectivity index (χ1n) is 9.76. The molecule has 7 nitrogen and oxygen atoms in total. The van der Waals surface area contributed by atoms with Crippen LogP contribution < -0.4 is 11.1 Å². The molecule has 0 aliphatic heterocycles. The van der Waals surface area contributed by atoms with Crippen molar-refractivity contribution in [3.8, 4) is 0 Å². The van der Waals surface area contributed by atoms with Gasteiger partial charge >= 0.3 is 6.09 Å². The summed E-state index contributed by atoms with van der Waals surface area (Å²) in [5.74, 6) is 0.0921. The number of nitrogens with one attached hydrogen (secondary N) is 1. The zero-order valence-electron chi connectivity index (χ0n) is 16.1. The van der Waals surface area contributed by atoms with Crippen molar-refractivity contribution >= 4 is 23.6 Å². The molecule has 0 bridgehead atoms. The van der Waals surface area contributed by atoms with Gasteiger partial charge in [-0.2, -0.15) is 0 Å². The second kappa shape index (κ2) is 10.2. The van der Waals surface area contributed by atoms with Gasteiger partial charge in [0.1, 0.15) is 6.10 Å². The Kier molecular flexibility index (Phi) is 7.41. The average Bonchev–Trinajstić information content (AvgIpc) is 2.73. The maximum absolute atomic E-state index is 12.5. The summed E-state index contributed by atoms with van der Waals surface area (Å²) in [6.45, 7) is 0.257. The smallest absolute Gasteiger partial charge is 0.404 e. The number of amides is 2. The molecule has 1 saturated carbocycles. The van der Waals surface area contributed by atoms with Gasteiger partial charge in [0.05, 0.1) is 12.2 Å². The molecule has 2 aromatic rings. The number of carbonyl (C=O) groups is 2. The van der Waals surface area contributed by atoms with Crippen molar-refractivity contribution in [2.45, 2.75) is 44.8 Å². The van der Waals surface area contributed by atoms with Crippen molar-refractivity contribution in [2.24, 2.45) is 17.6 Å². The second-order valence-corrected chi connectivity index (χ2v) is 7.65. The zero-order chi connectivity index (χ0) is 20.6. The van der Waals surface area contributed by atoms with Gasteiger partial charge in [-0.3, -0.25) is 9.78 Å². The highest BCUT2D eigenvalue weighted by molar-refractivity contribution is 6.29. The van der Waals surface area contributed by atoms with Crippen molar-refractivity contribution in [3.63, 3.8) is 0 Å². The third-order valence-electron chi connectivity index (χ3n) is 5.37. The van der Waals surface area contributed by atoms with Crippen LogP contribution in [0.3, 0.4) is 0 Å². The van der Waals surface area contributed by atoms with Crippen molar-refractivity contribution in [2.75, 3.05) is 0 Å². The fourth-order valence-corrected chi connectivity index (χ4v) is 4.01. The molecular formula is C21H25ClN4O3. The zero-order valence-corrected chi connectivity index (χ0v) is 16.8. The van der Waals surface area contributed by atoms with Gasteiger partial charge in [0.25, 0.3) is 0 Å². The van der Waals surface area contributed by atoms with Gasteiger partial charge in [0.15, 0.2) is 5.15 Å². The molecule has 0 spiro atoms. The number of ether oxygens (including phenoxy) is 1. The first-order chi connectivity index (χ1) is 14.0. The van der Waals surface area contributed by atoms with Crippen LogP contribution in [0.25, 0.3) is 0 Å². The quantitative estimate of drug-likeness (QED) is 0.720. The van der Waals surface area contributed by atoms with Crippen LogP contribution in [-0.4, -0.2) is 28.1 Å². The first-order valence-corrected chi connectivity index (χ1v) is 10.1. The van der Waals surface area contributed by atoms with Crippen LogP contribution in [0.2, 0.25) is 5.15 Å². The largest absolute Gasteiger partial charge is 0.446 e. The molecule has 3 N–H and O–H groups in total. The standard InChI is InChI=1S/C21H25ClN4O3/c22-19-17(24-10-11-25-19)13-26-20(27)16-8-6-15(7-9-16)18(29-21(23)28)12-14-4-2-1-3-5-14/h1-5,10-11,15-16,18H,6-9,12-13H2,(H2,23,28)(H,26,27)/t15-,16-,18?. The van der Waals surface area contributed by atoms with Crippen molar-refractivity contribution in [1.29, 1.82) is 0 Å². The summed E-state index contributed by atoms with van der Waals surface area (Å²) in [6, 6.07) is 9.89. The summed E-state index contributed by atoms with van der Waals surface area (Å²) in [6.07, 6.45) is 5.71. The number of carbonyl (C=O) groups excluding carboxylic acids is 2. The SMILES string of the molecule is NC(=O)OC(Cc1ccccc1)[C@H]1CC[C@H](C(=O)NCc2nccnc2Cl)CC1. The number of nitrogens with zero attached hydrogens (tertiary/aromatic N) is 2. The fraction of sp³-hybridized carbons (Fsp3) is 0.429. The molecule has 2 amide bonds. The van der Waals surface area contributed by atoms with E-state index in [-0.39, 0.29) is 30.4 Å². The Morgan fingerprint density at radius 3 is 2.48 bits per heavy atom. The molecule has 29 heavy (non-hydrogen) atoms. The average molecular weight is 417 g/mol. The Morgan fingerprint density at radius 2 is 1.83 bits per heavy atom. The van der Waals surface area contributed by atoms with E-state index in [2.05, 4.69) is 15.3 Å². The maximum Gasteiger partial charge on any atom is 0.404 e. The molecule has 1 unspecified atom stereocenters. The summed E-state index contributed by atoms with van der Waals surface area (Å²) in [5.41, 5.74) is 6.94. The summed E-state index contributed by atoms with van der Waals surface area (Å²) in [7, 11) is 0. The highest BCUT2D eigenvalue weighted by Crippen LogP contribution is 2.33. The first kappa shape index (κ1) is 21.0. The highest BCUT2D eigenvalue weighted by Gasteiger charge is 2.32. The number of hydrogen-bond acceptors (Lipinski definition) is 5. The van der Waals surface area contributed by atoms with Gasteiger partial charge in [0, 0.05) is 24.7 Å². The molecule has 1 fully saturated rings. The van der Waals surface area contributed by atoms with E-state index in [1.54, 1.807) is 6.20 Å². The molecule has 1 heterocycles. The number of rotatable bonds is 7. The lowest BCUT2D eigenvalue weighted by molar-refractivity contribution is -0.126. The van der Waals surface area contributed by atoms with Gasteiger partial charge in [0.2, 0.25) is 5.91 Å². The Labute approximate surface area is 175 Å². The number of primary amides is 1. The summed E-state index contributed by atoms with van der Waals surface area (Å²) in [4.78, 5) is 32.0. The lowest BCUT2D eigenvalue weighted by Crippen LogP contribution is -2.37. The third kappa shape index (κ3) is 6.15. The van der Waals surface area contributed by atoms with Crippen molar-refractivity contribution in [1.82, 2.24) is 15.3 Å². The Balaban J connectivity index is 1.52. The predicted molar refractivity (Wildman–Crippen MR) is 109 cm³/mol. The fourth-order valence-electron chi connectivity index (χ4n) is 3.84. The molecule has 0 radical (unpaired) electrons. The monoisotopic (exact) mass is 416 g/mol. The van der Waals surface area contributed by atoms with E-state index in [4.69, 9.17) is 22.1 Å². The maximum atomic E-state index is 12.5. The third-order valence-corrected chi connectivity index (χ3v) is 5.68. The lowest BCUT2D eigenvalue weighted by atomic mass is 9.77. The molecule has 3 rings (SSSR count). The van der Waals surface area contributed by atoms with Crippen LogP contribution >= 0.6 is 11.6 Å². The number of aromatic nitrogens is 2. The molecule has 154 valence electrons. The molecule has 8 heteroatoms. The van der Waals surface area contributed by atoms with Crippen LogP contribution in [0, 0.1) is 11.8 Å². The number of benzene rings is 1. The van der Waals surface area contributed by atoms with E-state index >= 15 is 0 Å². The molecule has 0 saturated heterocycles. The lowest BCUT2D eigenvalue weighted by Gasteiger charge is -2.32. The summed E-state index contributed by atoms with van der Waals surface area (Å²) in [5, 5.41) is 3.19. The molecule has 1 aromatic heterocycles. The Morgan fingerprint density at radius 1 is 1.14 bits per heavy atom. The number of nitrogens with two attached hydrogens (primary N) is 1. The summed E-state index contributed by atoms with van der Waals surface area (Å²) < 4.78 is 5.42. The van der Waals surface area contributed by atoms with E-state index in [0.717, 1.165) is 31.2 Å². The molecule has 1 atom stereocenters. The van der Waals surface area contributed by atoms with E-state index in [1.807, 2.05) is 30.3 Å². The molecular weight excluding hydrogens is 392 g/mol.